The van der Waals surface area contributed by atoms with Crippen LogP contribution in [0.5, 0.6) is 0 Å². The molecule has 0 saturated carbocycles. The van der Waals surface area contributed by atoms with Crippen molar-refractivity contribution in [3.63, 3.8) is 0 Å². The molecule has 5 heterocycles. The van der Waals surface area contributed by atoms with Gasteiger partial charge in [-0.15, -0.1) is 0 Å². The van der Waals surface area contributed by atoms with Crippen LogP contribution in [-0.2, 0) is 0 Å². The molecule has 0 N–H and O–H groups in total. The third-order valence-electron chi connectivity index (χ3n) is 5.01. The maximum atomic E-state index is 2.61. The molecule has 0 radical (unpaired) electrons. The lowest BCUT2D eigenvalue weighted by atomic mass is 10.6. The third-order valence-corrected chi connectivity index (χ3v) is 67.5. The third kappa shape index (κ3) is 2.14. The van der Waals surface area contributed by atoms with Gasteiger partial charge in [0, 0.05) is 0 Å². The van der Waals surface area contributed by atoms with Gasteiger partial charge >= 0.3 is 0 Å². The SMILES string of the molecule is C1=C[SH]([SH]([SH]2C=CC=C2)([SH]2C=CC=C2)([SH]2C=CC=C2)[SH]2C=CC=C2)C=C1. The lowest BCUT2D eigenvalue weighted by Crippen LogP contribution is -2.11. The van der Waals surface area contributed by atoms with E-state index in [1.54, 1.807) is 0 Å². The molecule has 0 nitrogen and oxygen atoms in total. The fourth-order valence-electron chi connectivity index (χ4n) is 4.01. The minimum Gasteiger partial charge on any atom is -0.170 e. The number of hydrogen-bond donors (Lipinski definition) is 6. The van der Waals surface area contributed by atoms with Gasteiger partial charge in [0.1, 0.15) is 0 Å². The van der Waals surface area contributed by atoms with Crippen LogP contribution in [0.25, 0.3) is 0 Å². The molecule has 0 spiro atoms. The molecule has 0 unspecified atom stereocenters. The highest BCUT2D eigenvalue weighted by Crippen LogP contribution is 3.27. The molecule has 142 valence electrons. The van der Waals surface area contributed by atoms with Gasteiger partial charge in [0.2, 0.25) is 0 Å². The van der Waals surface area contributed by atoms with E-state index >= 15 is 0 Å². The van der Waals surface area contributed by atoms with Crippen molar-refractivity contribution >= 4 is 54.0 Å². The summed E-state index contributed by atoms with van der Waals surface area (Å²) >= 11 is 0. The minimum absolute atomic E-state index is 0.247. The smallest absolute Gasteiger partial charge is 0.0370 e. The van der Waals surface area contributed by atoms with Gasteiger partial charge in [-0.25, -0.2) is 0 Å². The Kier molecular flexibility index (Phi) is 4.62. The first-order valence-corrected chi connectivity index (χ1v) is 21.7. The molecular weight excluding hydrogens is 433 g/mol. The van der Waals surface area contributed by atoms with Crippen LogP contribution in [0.4, 0.5) is 0 Å². The Hall–Kier alpha value is -0.500. The van der Waals surface area contributed by atoms with Crippen molar-refractivity contribution in [3.8, 4) is 0 Å². The Morgan fingerprint density at radius 3 is 0.577 bits per heavy atom. The molecule has 0 atom stereocenters. The Bertz CT molecular complexity index is 670. The zero-order valence-electron chi connectivity index (χ0n) is 14.2. The van der Waals surface area contributed by atoms with E-state index in [1.165, 1.54) is 0 Å². The summed E-state index contributed by atoms with van der Waals surface area (Å²) in [4.78, 5) is 0. The lowest BCUT2D eigenvalue weighted by molar-refractivity contribution is 2.15. The number of hydrogen-bond acceptors (Lipinski definition) is 0. The van der Waals surface area contributed by atoms with Crippen LogP contribution in [0, 0.1) is 0 Å². The van der Waals surface area contributed by atoms with Crippen molar-refractivity contribution in [3.05, 3.63) is 115 Å². The molecule has 5 aliphatic rings. The Balaban J connectivity index is 1.90. The second-order valence-corrected chi connectivity index (χ2v) is 43.2. The van der Waals surface area contributed by atoms with E-state index < -0.39 is 4.32 Å². The highest BCUT2D eigenvalue weighted by Gasteiger charge is 2.57. The van der Waals surface area contributed by atoms with Crippen LogP contribution >= 0.6 is 54.0 Å². The number of rotatable bonds is 5. The molecule has 26 heavy (non-hydrogen) atoms. The molecule has 0 aromatic carbocycles. The molecule has 5 rings (SSSR count). The highest BCUT2D eigenvalue weighted by molar-refractivity contribution is 9.99. The van der Waals surface area contributed by atoms with Gasteiger partial charge in [-0.05, 0) is 54.1 Å². The normalized spacial score (nSPS) is 30.0. The van der Waals surface area contributed by atoms with Crippen molar-refractivity contribution < 1.29 is 0 Å². The number of allylic oxidation sites excluding steroid dienone is 10. The molecule has 0 bridgehead atoms. The summed E-state index contributed by atoms with van der Waals surface area (Å²) in [6, 6.07) is 0. The van der Waals surface area contributed by atoms with Crippen LogP contribution in [0.15, 0.2) is 115 Å². The first kappa shape index (κ1) is 17.6. The molecule has 0 fully saturated rings. The van der Waals surface area contributed by atoms with Crippen molar-refractivity contribution in [1.29, 1.82) is 0 Å². The van der Waals surface area contributed by atoms with Gasteiger partial charge in [0.15, 0.2) is 0 Å². The lowest BCUT2D eigenvalue weighted by Gasteiger charge is -2.81. The molecule has 0 amide bonds. The first-order valence-electron chi connectivity index (χ1n) is 8.58. The van der Waals surface area contributed by atoms with Gasteiger partial charge in [-0.2, -0.15) is 54.0 Å². The van der Waals surface area contributed by atoms with Gasteiger partial charge in [0.05, 0.1) is 0 Å². The van der Waals surface area contributed by atoms with Crippen LogP contribution < -0.4 is 0 Å². The summed E-state index contributed by atoms with van der Waals surface area (Å²) < 4.78 is -2.25. The molecule has 0 aromatic rings. The van der Waals surface area contributed by atoms with E-state index in [0.29, 0.717) is 0 Å². The summed E-state index contributed by atoms with van der Waals surface area (Å²) in [5.74, 6) is 0. The van der Waals surface area contributed by atoms with Gasteiger partial charge in [0.25, 0.3) is 0 Å². The van der Waals surface area contributed by atoms with Gasteiger partial charge < -0.3 is 0 Å². The van der Waals surface area contributed by atoms with E-state index in [-0.39, 0.29) is 49.6 Å². The summed E-state index contributed by atoms with van der Waals surface area (Å²) in [7, 11) is -1.23. The maximum Gasteiger partial charge on any atom is -0.0370 e. The predicted octanol–water partition coefficient (Wildman–Crippen LogP) is 7.85. The predicted molar refractivity (Wildman–Crippen MR) is 145 cm³/mol. The Labute approximate surface area is 167 Å². The summed E-state index contributed by atoms with van der Waals surface area (Å²) in [6.45, 7) is 0. The Morgan fingerprint density at radius 2 is 0.423 bits per heavy atom. The van der Waals surface area contributed by atoms with E-state index in [4.69, 9.17) is 0 Å². The molecule has 6 heteroatoms. The van der Waals surface area contributed by atoms with E-state index in [0.717, 1.165) is 0 Å². The monoisotopic (exact) mass is 458 g/mol. The topological polar surface area (TPSA) is 0 Å². The fourth-order valence-corrected chi connectivity index (χ4v) is 71.6. The molecule has 0 aromatic heterocycles. The van der Waals surface area contributed by atoms with Crippen LogP contribution in [0.3, 0.4) is 0 Å². The van der Waals surface area contributed by atoms with Crippen molar-refractivity contribution in [2.45, 2.75) is 0 Å². The summed E-state index contributed by atoms with van der Waals surface area (Å²) in [6.07, 6.45) is 23.4. The number of thiol groups is 6. The fraction of sp³-hybridized carbons (Fsp3) is 0. The quantitative estimate of drug-likeness (QED) is 0.175. The van der Waals surface area contributed by atoms with E-state index in [1.807, 2.05) is 0 Å². The second kappa shape index (κ2) is 6.83. The zero-order valence-corrected chi connectivity index (χ0v) is 19.6. The largest absolute Gasteiger partial charge is 0.170 e. The molecule has 0 aliphatic carbocycles. The van der Waals surface area contributed by atoms with E-state index in [2.05, 4.69) is 115 Å². The second-order valence-electron chi connectivity index (χ2n) is 6.21. The summed E-state index contributed by atoms with van der Waals surface area (Å²) in [5.41, 5.74) is 0. The van der Waals surface area contributed by atoms with Crippen LogP contribution in [0.1, 0.15) is 0 Å². The zero-order chi connectivity index (χ0) is 17.5. The van der Waals surface area contributed by atoms with Gasteiger partial charge in [-0.3, -0.25) is 0 Å². The van der Waals surface area contributed by atoms with Crippen LogP contribution in [-0.4, -0.2) is 0 Å². The average molecular weight is 459 g/mol. The standard InChI is InChI=1S/C20H26S6/c1-2-12-21(11-1)26(22-13-3-4-14-22,23-15-5-6-16-23,24-17-7-8-18-24)25-19-9-10-20-25/h1-26H. The maximum absolute atomic E-state index is 2.61. The van der Waals surface area contributed by atoms with Crippen molar-refractivity contribution in [2.24, 2.45) is 0 Å². The van der Waals surface area contributed by atoms with Gasteiger partial charge in [-0.1, -0.05) is 60.8 Å². The van der Waals surface area contributed by atoms with Crippen molar-refractivity contribution in [1.82, 2.24) is 0 Å². The average Bonchev–Trinajstić information content (AvgIpc) is 3.52. The first-order chi connectivity index (χ1) is 12.9. The molecular formula is C20H26S6. The highest BCUT2D eigenvalue weighted by atomic mass is 34.4. The minimum atomic E-state index is -2.25. The van der Waals surface area contributed by atoms with Crippen LogP contribution in [0.2, 0.25) is 0 Å². The Morgan fingerprint density at radius 1 is 0.269 bits per heavy atom. The summed E-state index contributed by atoms with van der Waals surface area (Å²) in [5, 5.41) is 26.1. The molecule has 5 aliphatic heterocycles. The van der Waals surface area contributed by atoms with E-state index in [9.17, 15) is 0 Å². The molecule has 0 saturated heterocycles. The van der Waals surface area contributed by atoms with Crippen molar-refractivity contribution in [2.75, 3.05) is 0 Å².